The Kier molecular flexibility index (Phi) is 7.24. The fourth-order valence-corrected chi connectivity index (χ4v) is 3.63. The second kappa shape index (κ2) is 10.1. The molecular weight excluding hydrogens is 384 g/mol. The maximum absolute atomic E-state index is 12.3. The van der Waals surface area contributed by atoms with Gasteiger partial charge in [-0.2, -0.15) is 0 Å². The van der Waals surface area contributed by atoms with Gasteiger partial charge in [-0.1, -0.05) is 0 Å². The van der Waals surface area contributed by atoms with Crippen LogP contribution >= 0.6 is 0 Å². The highest BCUT2D eigenvalue weighted by atomic mass is 16.6. The average Bonchev–Trinajstić information content (AvgIpc) is 2.76. The third kappa shape index (κ3) is 5.48. The van der Waals surface area contributed by atoms with Gasteiger partial charge in [0.2, 0.25) is 0 Å². The lowest BCUT2D eigenvalue weighted by molar-refractivity contribution is -0.385. The first-order valence-electron chi connectivity index (χ1n) is 10.1. The van der Waals surface area contributed by atoms with Crippen LogP contribution in [-0.4, -0.2) is 62.1 Å². The van der Waals surface area contributed by atoms with Crippen molar-refractivity contribution >= 4 is 17.3 Å². The Morgan fingerprint density at radius 1 is 1.13 bits per heavy atom. The SMILES string of the molecule is COc1ccc(N2CCN(CCCNC(=O)c3ccc([N+](=O)[O-])c(C)c3)CC2)cc1. The van der Waals surface area contributed by atoms with E-state index in [4.69, 9.17) is 4.74 Å². The minimum absolute atomic E-state index is 0.0281. The number of aryl methyl sites for hydroxylation is 1. The van der Waals surface area contributed by atoms with E-state index in [0.29, 0.717) is 17.7 Å². The maximum Gasteiger partial charge on any atom is 0.272 e. The van der Waals surface area contributed by atoms with Crippen molar-refractivity contribution in [3.8, 4) is 5.75 Å². The van der Waals surface area contributed by atoms with Gasteiger partial charge in [-0.3, -0.25) is 19.8 Å². The normalized spacial score (nSPS) is 14.4. The molecule has 1 aliphatic heterocycles. The van der Waals surface area contributed by atoms with Gasteiger partial charge in [0.1, 0.15) is 5.75 Å². The number of hydrogen-bond donors (Lipinski definition) is 1. The molecule has 0 spiro atoms. The molecule has 0 radical (unpaired) electrons. The minimum Gasteiger partial charge on any atom is -0.497 e. The molecule has 2 aromatic rings. The van der Waals surface area contributed by atoms with Gasteiger partial charge < -0.3 is 15.0 Å². The number of nitrogens with one attached hydrogen (secondary N) is 1. The number of methoxy groups -OCH3 is 1. The summed E-state index contributed by atoms with van der Waals surface area (Å²) in [6.45, 7) is 7.06. The van der Waals surface area contributed by atoms with Crippen LogP contribution in [0.1, 0.15) is 22.3 Å². The molecule has 0 saturated carbocycles. The fourth-order valence-electron chi connectivity index (χ4n) is 3.63. The van der Waals surface area contributed by atoms with E-state index < -0.39 is 4.92 Å². The van der Waals surface area contributed by atoms with Crippen LogP contribution in [0.15, 0.2) is 42.5 Å². The number of hydrogen-bond acceptors (Lipinski definition) is 6. The summed E-state index contributed by atoms with van der Waals surface area (Å²) < 4.78 is 5.21. The van der Waals surface area contributed by atoms with Gasteiger partial charge in [0.15, 0.2) is 0 Å². The number of carbonyl (C=O) groups excluding carboxylic acids is 1. The smallest absolute Gasteiger partial charge is 0.272 e. The zero-order chi connectivity index (χ0) is 21.5. The van der Waals surface area contributed by atoms with E-state index in [1.54, 1.807) is 20.1 Å². The van der Waals surface area contributed by atoms with Crippen LogP contribution in [0.25, 0.3) is 0 Å². The van der Waals surface area contributed by atoms with Crippen molar-refractivity contribution in [2.75, 3.05) is 51.3 Å². The summed E-state index contributed by atoms with van der Waals surface area (Å²) in [5.74, 6) is 0.667. The van der Waals surface area contributed by atoms with Crippen LogP contribution in [0.4, 0.5) is 11.4 Å². The predicted octanol–water partition coefficient (Wildman–Crippen LogP) is 2.85. The molecule has 1 N–H and O–H groups in total. The summed E-state index contributed by atoms with van der Waals surface area (Å²) in [4.78, 5) is 27.5. The third-order valence-corrected chi connectivity index (χ3v) is 5.40. The van der Waals surface area contributed by atoms with Gasteiger partial charge in [0.25, 0.3) is 11.6 Å². The molecule has 8 heteroatoms. The lowest BCUT2D eigenvalue weighted by Gasteiger charge is -2.36. The van der Waals surface area contributed by atoms with E-state index in [1.165, 1.54) is 17.8 Å². The van der Waals surface area contributed by atoms with Crippen molar-refractivity contribution in [3.05, 3.63) is 63.7 Å². The summed E-state index contributed by atoms with van der Waals surface area (Å²) >= 11 is 0. The van der Waals surface area contributed by atoms with Gasteiger partial charge in [0.05, 0.1) is 12.0 Å². The number of nitrogens with zero attached hydrogens (tertiary/aromatic N) is 3. The summed E-state index contributed by atoms with van der Waals surface area (Å²) in [5, 5.41) is 13.8. The van der Waals surface area contributed by atoms with Gasteiger partial charge in [0, 0.05) is 55.6 Å². The molecule has 1 aliphatic rings. The van der Waals surface area contributed by atoms with E-state index in [-0.39, 0.29) is 11.6 Å². The molecule has 1 fully saturated rings. The zero-order valence-corrected chi connectivity index (χ0v) is 17.5. The highest BCUT2D eigenvalue weighted by Crippen LogP contribution is 2.21. The first-order chi connectivity index (χ1) is 14.5. The molecule has 1 heterocycles. The van der Waals surface area contributed by atoms with Gasteiger partial charge in [-0.15, -0.1) is 0 Å². The molecule has 0 bridgehead atoms. The molecular formula is C22H28N4O4. The first-order valence-corrected chi connectivity index (χ1v) is 10.1. The lowest BCUT2D eigenvalue weighted by atomic mass is 10.1. The van der Waals surface area contributed by atoms with Crippen molar-refractivity contribution < 1.29 is 14.5 Å². The van der Waals surface area contributed by atoms with Crippen molar-refractivity contribution in [2.24, 2.45) is 0 Å². The highest BCUT2D eigenvalue weighted by molar-refractivity contribution is 5.94. The molecule has 0 aromatic heterocycles. The van der Waals surface area contributed by atoms with Crippen molar-refractivity contribution in [1.29, 1.82) is 0 Å². The van der Waals surface area contributed by atoms with E-state index >= 15 is 0 Å². The number of amides is 1. The molecule has 0 atom stereocenters. The fraction of sp³-hybridized carbons (Fsp3) is 0.409. The lowest BCUT2D eigenvalue weighted by Crippen LogP contribution is -2.47. The Labute approximate surface area is 176 Å². The zero-order valence-electron chi connectivity index (χ0n) is 17.5. The molecule has 1 saturated heterocycles. The number of benzene rings is 2. The number of rotatable bonds is 8. The van der Waals surface area contributed by atoms with Crippen LogP contribution < -0.4 is 15.0 Å². The molecule has 0 unspecified atom stereocenters. The molecule has 8 nitrogen and oxygen atoms in total. The molecule has 3 rings (SSSR count). The van der Waals surface area contributed by atoms with E-state index in [9.17, 15) is 14.9 Å². The number of ether oxygens (including phenoxy) is 1. The van der Waals surface area contributed by atoms with Crippen LogP contribution in [0.3, 0.4) is 0 Å². The average molecular weight is 412 g/mol. The van der Waals surface area contributed by atoms with Crippen LogP contribution in [0.5, 0.6) is 5.75 Å². The Balaban J connectivity index is 1.37. The summed E-state index contributed by atoms with van der Waals surface area (Å²) in [5.41, 5.74) is 2.18. The number of nitro benzene ring substituents is 1. The topological polar surface area (TPSA) is 88.0 Å². The molecule has 160 valence electrons. The van der Waals surface area contributed by atoms with E-state index in [2.05, 4.69) is 27.2 Å². The van der Waals surface area contributed by atoms with Gasteiger partial charge in [-0.25, -0.2) is 0 Å². The van der Waals surface area contributed by atoms with E-state index in [1.807, 2.05) is 12.1 Å². The maximum atomic E-state index is 12.3. The Morgan fingerprint density at radius 2 is 1.83 bits per heavy atom. The Bertz CT molecular complexity index is 877. The second-order valence-corrected chi connectivity index (χ2v) is 7.39. The van der Waals surface area contributed by atoms with Crippen molar-refractivity contribution in [1.82, 2.24) is 10.2 Å². The summed E-state index contributed by atoms with van der Waals surface area (Å²) in [6.07, 6.45) is 0.861. The summed E-state index contributed by atoms with van der Waals surface area (Å²) in [7, 11) is 1.67. The predicted molar refractivity (Wildman–Crippen MR) is 116 cm³/mol. The number of piperazine rings is 1. The molecule has 2 aromatic carbocycles. The number of anilines is 1. The Morgan fingerprint density at radius 3 is 2.43 bits per heavy atom. The van der Waals surface area contributed by atoms with Crippen LogP contribution in [0.2, 0.25) is 0 Å². The Hall–Kier alpha value is -3.13. The van der Waals surface area contributed by atoms with Crippen LogP contribution in [-0.2, 0) is 0 Å². The largest absolute Gasteiger partial charge is 0.497 e. The third-order valence-electron chi connectivity index (χ3n) is 5.40. The van der Waals surface area contributed by atoms with Gasteiger partial charge >= 0.3 is 0 Å². The molecule has 0 aliphatic carbocycles. The van der Waals surface area contributed by atoms with E-state index in [0.717, 1.165) is 44.9 Å². The van der Waals surface area contributed by atoms with Crippen molar-refractivity contribution in [2.45, 2.75) is 13.3 Å². The van der Waals surface area contributed by atoms with Gasteiger partial charge in [-0.05, 0) is 56.3 Å². The number of carbonyl (C=O) groups is 1. The monoisotopic (exact) mass is 412 g/mol. The molecule has 1 amide bonds. The quantitative estimate of drug-likeness (QED) is 0.408. The minimum atomic E-state index is -0.439. The van der Waals surface area contributed by atoms with Crippen molar-refractivity contribution in [3.63, 3.8) is 0 Å². The standard InChI is InChI=1S/C22H28N4O4/c1-17-16-18(4-9-21(17)26(28)29)22(27)23-10-3-11-24-12-14-25(15-13-24)19-5-7-20(30-2)8-6-19/h4-9,16H,3,10-15H2,1-2H3,(H,23,27). The highest BCUT2D eigenvalue weighted by Gasteiger charge is 2.17. The number of nitro groups is 1. The summed E-state index contributed by atoms with van der Waals surface area (Å²) in [6, 6.07) is 12.6. The second-order valence-electron chi connectivity index (χ2n) is 7.39. The first kappa shape index (κ1) is 21.6. The van der Waals surface area contributed by atoms with Crippen LogP contribution in [0, 0.1) is 17.0 Å². The molecule has 30 heavy (non-hydrogen) atoms.